The monoisotopic (exact) mass is 650 g/mol. The second-order valence-corrected chi connectivity index (χ2v) is 10.8. The van der Waals surface area contributed by atoms with Crippen molar-refractivity contribution < 1.29 is 37.4 Å². The quantitative estimate of drug-likeness (QED) is 0.171. The van der Waals surface area contributed by atoms with Crippen LogP contribution in [0, 0.1) is 0 Å². The number of nitrogens with one attached hydrogen (secondary N) is 4. The predicted octanol–water partition coefficient (Wildman–Crippen LogP) is 3.77. The Morgan fingerprint density at radius 1 is 1.00 bits per heavy atom. The average Bonchev–Trinajstić information content (AvgIpc) is 3.76. The maximum Gasteiger partial charge on any atom is 0.422 e. The second-order valence-electron chi connectivity index (χ2n) is 10.4. The van der Waals surface area contributed by atoms with Gasteiger partial charge in [-0.05, 0) is 61.2 Å². The highest BCUT2D eigenvalue weighted by molar-refractivity contribution is 6.34. The van der Waals surface area contributed by atoms with Crippen molar-refractivity contribution in [3.05, 3.63) is 59.1 Å². The fourth-order valence-electron chi connectivity index (χ4n) is 4.12. The lowest BCUT2D eigenvalue weighted by molar-refractivity contribution is -0.154. The van der Waals surface area contributed by atoms with E-state index in [0.29, 0.717) is 16.4 Å². The molecule has 1 aliphatic carbocycles. The molecule has 5 N–H and O–H groups in total. The maximum absolute atomic E-state index is 12.9. The Kier molecular flexibility index (Phi) is 10.2. The molecule has 0 aliphatic heterocycles. The van der Waals surface area contributed by atoms with Crippen LogP contribution in [0.1, 0.15) is 24.8 Å². The van der Waals surface area contributed by atoms with Crippen LogP contribution >= 0.6 is 11.6 Å². The number of carbonyl (C=O) groups excluding carboxylic acids is 2. The summed E-state index contributed by atoms with van der Waals surface area (Å²) in [5, 5.41) is 21.4. The molecule has 1 aliphatic rings. The first-order chi connectivity index (χ1) is 21.2. The summed E-state index contributed by atoms with van der Waals surface area (Å²) in [7, 11) is 2.84. The molecule has 4 rings (SSSR count). The molecule has 1 fully saturated rings. The highest BCUT2D eigenvalue weighted by Crippen LogP contribution is 2.48. The number of aromatic nitrogens is 3. The molecule has 45 heavy (non-hydrogen) atoms. The van der Waals surface area contributed by atoms with Crippen LogP contribution in [-0.4, -0.2) is 82.2 Å². The van der Waals surface area contributed by atoms with E-state index in [1.54, 1.807) is 36.4 Å². The van der Waals surface area contributed by atoms with Crippen LogP contribution in [0.5, 0.6) is 6.01 Å². The summed E-state index contributed by atoms with van der Waals surface area (Å²) in [6.07, 6.45) is -3.16. The molecular weight excluding hydrogens is 621 g/mol. The zero-order chi connectivity index (χ0) is 32.8. The van der Waals surface area contributed by atoms with Gasteiger partial charge in [0.1, 0.15) is 6.04 Å². The molecule has 1 saturated carbocycles. The lowest BCUT2D eigenvalue weighted by Crippen LogP contribution is -2.41. The zero-order valence-corrected chi connectivity index (χ0v) is 24.9. The largest absolute Gasteiger partial charge is 0.480 e. The third-order valence-electron chi connectivity index (χ3n) is 6.58. The molecule has 1 aromatic heterocycles. The number of nitrogens with zero attached hydrogens (tertiary/aromatic N) is 4. The van der Waals surface area contributed by atoms with Crippen LogP contribution in [0.4, 0.5) is 36.4 Å². The summed E-state index contributed by atoms with van der Waals surface area (Å²) in [4.78, 5) is 48.6. The van der Waals surface area contributed by atoms with Crippen molar-refractivity contribution in [3.8, 4) is 6.01 Å². The minimum absolute atomic E-state index is 0.000848. The van der Waals surface area contributed by atoms with Crippen LogP contribution in [-0.2, 0) is 19.9 Å². The van der Waals surface area contributed by atoms with E-state index in [2.05, 4.69) is 36.2 Å². The normalized spacial score (nSPS) is 14.1. The molecule has 2 amide bonds. The van der Waals surface area contributed by atoms with Crippen LogP contribution < -0.4 is 26.0 Å². The fourth-order valence-corrected chi connectivity index (χ4v) is 4.25. The van der Waals surface area contributed by atoms with Crippen molar-refractivity contribution in [2.24, 2.45) is 0 Å². The van der Waals surface area contributed by atoms with Crippen molar-refractivity contribution >= 4 is 52.7 Å². The molecule has 0 unspecified atom stereocenters. The van der Waals surface area contributed by atoms with Gasteiger partial charge in [-0.25, -0.2) is 4.79 Å². The number of carboxylic acid groups (broad SMARTS) is 1. The standard InChI is InChI=1S/C28H30ClF3N8O5/c1-40(2)22(42)21(41)33-14-11-20(23(43)44)34-18-7-9-19(10-8-18)35-24-36-25(38-26(37-24)45-15-28(30,31)32)39-27(12-13-27)16-3-5-17(29)6-4-16/h3-10,20,34H,11-15H2,1-2H3,(H,33,41)(H,43,44)(H2,35,36,37,38,39)/t20-/m0/s1. The summed E-state index contributed by atoms with van der Waals surface area (Å²) >= 11 is 6.00. The summed E-state index contributed by atoms with van der Waals surface area (Å²) < 4.78 is 43.4. The minimum Gasteiger partial charge on any atom is -0.480 e. The van der Waals surface area contributed by atoms with Crippen molar-refractivity contribution in [1.82, 2.24) is 25.2 Å². The number of carbonyl (C=O) groups is 3. The number of carboxylic acids is 1. The fraction of sp³-hybridized carbons (Fsp3) is 0.357. The van der Waals surface area contributed by atoms with Crippen LogP contribution in [0.25, 0.3) is 0 Å². The van der Waals surface area contributed by atoms with Gasteiger partial charge in [-0.2, -0.15) is 28.1 Å². The Morgan fingerprint density at radius 3 is 2.20 bits per heavy atom. The molecule has 2 aromatic carbocycles. The van der Waals surface area contributed by atoms with E-state index in [1.165, 1.54) is 14.1 Å². The topological polar surface area (TPSA) is 171 Å². The highest BCUT2D eigenvalue weighted by Gasteiger charge is 2.45. The van der Waals surface area contributed by atoms with E-state index >= 15 is 0 Å². The first-order valence-corrected chi connectivity index (χ1v) is 14.0. The van der Waals surface area contributed by atoms with E-state index in [1.807, 2.05) is 12.1 Å². The Labute approximate surface area is 260 Å². The van der Waals surface area contributed by atoms with Gasteiger partial charge in [-0.1, -0.05) is 23.7 Å². The summed E-state index contributed by atoms with van der Waals surface area (Å²) in [5.74, 6) is -2.87. The molecule has 1 atom stereocenters. The van der Waals surface area contributed by atoms with Gasteiger partial charge in [0.25, 0.3) is 0 Å². The molecule has 240 valence electrons. The summed E-state index contributed by atoms with van der Waals surface area (Å²) in [5.41, 5.74) is 1.24. The van der Waals surface area contributed by atoms with Gasteiger partial charge in [-0.15, -0.1) is 0 Å². The van der Waals surface area contributed by atoms with Gasteiger partial charge in [-0.3, -0.25) is 9.59 Å². The van der Waals surface area contributed by atoms with Crippen molar-refractivity contribution in [3.63, 3.8) is 0 Å². The number of hydrogen-bond donors (Lipinski definition) is 5. The number of amides is 2. The first-order valence-electron chi connectivity index (χ1n) is 13.6. The van der Waals surface area contributed by atoms with Crippen molar-refractivity contribution in [1.29, 1.82) is 0 Å². The first kappa shape index (κ1) is 33.0. The Balaban J connectivity index is 1.44. The number of halogens is 4. The van der Waals surface area contributed by atoms with Crippen molar-refractivity contribution in [2.75, 3.05) is 43.2 Å². The van der Waals surface area contributed by atoms with Crippen LogP contribution in [0.3, 0.4) is 0 Å². The molecule has 3 aromatic rings. The number of benzene rings is 2. The molecule has 13 nitrogen and oxygen atoms in total. The van der Waals surface area contributed by atoms with Gasteiger partial charge in [0.2, 0.25) is 11.9 Å². The highest BCUT2D eigenvalue weighted by atomic mass is 35.5. The smallest absolute Gasteiger partial charge is 0.422 e. The number of hydrogen-bond acceptors (Lipinski definition) is 10. The lowest BCUT2D eigenvalue weighted by Gasteiger charge is -2.19. The third kappa shape index (κ3) is 9.56. The molecule has 1 heterocycles. The van der Waals surface area contributed by atoms with Gasteiger partial charge in [0, 0.05) is 37.0 Å². The minimum atomic E-state index is -4.61. The Bertz CT molecular complexity index is 1520. The third-order valence-corrected chi connectivity index (χ3v) is 6.83. The number of anilines is 4. The molecule has 0 spiro atoms. The van der Waals surface area contributed by atoms with Gasteiger partial charge in [0.05, 0.1) is 5.54 Å². The summed E-state index contributed by atoms with van der Waals surface area (Å²) in [6, 6.07) is 11.8. The average molecular weight is 651 g/mol. The Morgan fingerprint density at radius 2 is 1.62 bits per heavy atom. The van der Waals surface area contributed by atoms with Gasteiger partial charge < -0.3 is 36.0 Å². The molecule has 17 heteroatoms. The number of likely N-dealkylation sites (N-methyl/N-ethyl adjacent to an activating group) is 1. The number of ether oxygens (including phenoxy) is 1. The van der Waals surface area contributed by atoms with Gasteiger partial charge >= 0.3 is 30.0 Å². The number of aliphatic carboxylic acids is 1. The Hall–Kier alpha value is -4.86. The number of alkyl halides is 3. The van der Waals surface area contributed by atoms with Crippen LogP contribution in [0.15, 0.2) is 48.5 Å². The van der Waals surface area contributed by atoms with Crippen LogP contribution in [0.2, 0.25) is 5.02 Å². The lowest BCUT2D eigenvalue weighted by atomic mass is 10.1. The predicted molar refractivity (Wildman–Crippen MR) is 158 cm³/mol. The maximum atomic E-state index is 12.9. The SMILES string of the molecule is CN(C)C(=O)C(=O)NCC[C@H](Nc1ccc(Nc2nc(NC3(c4ccc(Cl)cc4)CC3)nc(OCC(F)(F)F)n2)cc1)C(=O)O. The molecule has 0 saturated heterocycles. The van der Waals surface area contributed by atoms with E-state index in [0.717, 1.165) is 23.3 Å². The second kappa shape index (κ2) is 13.8. The zero-order valence-electron chi connectivity index (χ0n) is 24.1. The van der Waals surface area contributed by atoms with E-state index in [9.17, 15) is 32.7 Å². The van der Waals surface area contributed by atoms with Crippen molar-refractivity contribution in [2.45, 2.75) is 37.0 Å². The molecule has 0 radical (unpaired) electrons. The van der Waals surface area contributed by atoms with E-state index in [-0.39, 0.29) is 24.9 Å². The molecule has 0 bridgehead atoms. The van der Waals surface area contributed by atoms with E-state index in [4.69, 9.17) is 16.3 Å². The number of rotatable bonds is 13. The summed E-state index contributed by atoms with van der Waals surface area (Å²) in [6.45, 7) is -1.66. The van der Waals surface area contributed by atoms with Gasteiger partial charge in [0.15, 0.2) is 6.61 Å². The molecular formula is C28H30ClF3N8O5. The van der Waals surface area contributed by atoms with E-state index < -0.39 is 48.2 Å².